The monoisotopic (exact) mass is 271 g/mol. The van der Waals surface area contributed by atoms with E-state index < -0.39 is 33.7 Å². The van der Waals surface area contributed by atoms with Gasteiger partial charge in [0.25, 0.3) is 5.91 Å². The molecule has 0 bridgehead atoms. The van der Waals surface area contributed by atoms with Crippen LogP contribution in [-0.4, -0.2) is 23.9 Å². The molecular formula is C9H7F2N5O3. The van der Waals surface area contributed by atoms with Gasteiger partial charge >= 0.3 is 5.69 Å². The maximum Gasteiger partial charge on any atom is 0.305 e. The van der Waals surface area contributed by atoms with Gasteiger partial charge in [-0.2, -0.15) is 4.39 Å². The highest BCUT2D eigenvalue weighted by Gasteiger charge is 2.25. The summed E-state index contributed by atoms with van der Waals surface area (Å²) in [6, 6.07) is 1.25. The molecule has 0 atom stereocenters. The van der Waals surface area contributed by atoms with Crippen molar-refractivity contribution in [2.24, 2.45) is 5.11 Å². The first-order valence-corrected chi connectivity index (χ1v) is 4.90. The van der Waals surface area contributed by atoms with E-state index in [4.69, 9.17) is 5.53 Å². The van der Waals surface area contributed by atoms with Crippen LogP contribution in [0.3, 0.4) is 0 Å². The molecule has 100 valence electrons. The van der Waals surface area contributed by atoms with Crippen molar-refractivity contribution in [1.29, 1.82) is 0 Å². The van der Waals surface area contributed by atoms with Crippen LogP contribution in [0.2, 0.25) is 0 Å². The lowest BCUT2D eigenvalue weighted by Gasteiger charge is -2.05. The molecule has 0 unspecified atom stereocenters. The molecule has 0 aliphatic heterocycles. The number of carbonyl (C=O) groups excluding carboxylic acids is 1. The number of nitrogens with one attached hydrogen (secondary N) is 1. The summed E-state index contributed by atoms with van der Waals surface area (Å²) in [6.07, 6.45) is 0. The zero-order chi connectivity index (χ0) is 14.4. The first-order chi connectivity index (χ1) is 8.99. The molecule has 0 saturated carbocycles. The molecule has 1 amide bonds. The molecule has 0 heterocycles. The van der Waals surface area contributed by atoms with Gasteiger partial charge < -0.3 is 5.32 Å². The number of azide groups is 1. The Morgan fingerprint density at radius 1 is 1.53 bits per heavy atom. The van der Waals surface area contributed by atoms with Crippen molar-refractivity contribution in [1.82, 2.24) is 5.32 Å². The summed E-state index contributed by atoms with van der Waals surface area (Å²) < 4.78 is 26.9. The predicted octanol–water partition coefficient (Wildman–Crippen LogP) is 1.91. The van der Waals surface area contributed by atoms with E-state index >= 15 is 0 Å². The second-order valence-electron chi connectivity index (χ2n) is 3.22. The minimum absolute atomic E-state index is 0.111. The minimum Gasteiger partial charge on any atom is -0.352 e. The fourth-order valence-electron chi connectivity index (χ4n) is 1.24. The lowest BCUT2D eigenvalue weighted by Crippen LogP contribution is -2.28. The molecule has 0 aliphatic rings. The lowest BCUT2D eigenvalue weighted by molar-refractivity contribution is -0.387. The Hall–Kier alpha value is -2.74. The number of nitrogens with zero attached hydrogens (tertiary/aromatic N) is 4. The van der Waals surface area contributed by atoms with Crippen molar-refractivity contribution in [3.63, 3.8) is 0 Å². The van der Waals surface area contributed by atoms with Crippen LogP contribution < -0.4 is 5.32 Å². The molecular weight excluding hydrogens is 264 g/mol. The molecule has 0 spiro atoms. The number of benzene rings is 1. The van der Waals surface area contributed by atoms with Crippen molar-refractivity contribution >= 4 is 11.6 Å². The first-order valence-electron chi connectivity index (χ1n) is 4.90. The summed E-state index contributed by atoms with van der Waals surface area (Å²) in [5, 5.41) is 15.6. The molecule has 1 aromatic carbocycles. The van der Waals surface area contributed by atoms with E-state index in [1.807, 2.05) is 0 Å². The molecule has 0 radical (unpaired) electrons. The van der Waals surface area contributed by atoms with Crippen LogP contribution in [0.1, 0.15) is 10.4 Å². The van der Waals surface area contributed by atoms with E-state index in [0.29, 0.717) is 12.1 Å². The third-order valence-electron chi connectivity index (χ3n) is 2.06. The van der Waals surface area contributed by atoms with Gasteiger partial charge in [0.15, 0.2) is 0 Å². The van der Waals surface area contributed by atoms with Gasteiger partial charge in [0.2, 0.25) is 5.82 Å². The summed E-state index contributed by atoms with van der Waals surface area (Å²) in [6.45, 7) is -0.259. The third-order valence-corrected chi connectivity index (χ3v) is 2.06. The van der Waals surface area contributed by atoms with Gasteiger partial charge in [-0.3, -0.25) is 14.9 Å². The molecule has 0 aliphatic carbocycles. The summed E-state index contributed by atoms with van der Waals surface area (Å²) >= 11 is 0. The zero-order valence-electron chi connectivity index (χ0n) is 9.34. The van der Waals surface area contributed by atoms with E-state index in [-0.39, 0.29) is 13.1 Å². The van der Waals surface area contributed by atoms with E-state index in [0.717, 1.165) is 0 Å². The fraction of sp³-hybridized carbons (Fsp3) is 0.222. The van der Waals surface area contributed by atoms with Crippen molar-refractivity contribution in [2.45, 2.75) is 0 Å². The van der Waals surface area contributed by atoms with Crippen LogP contribution >= 0.6 is 0 Å². The third kappa shape index (κ3) is 3.36. The Labute approximate surface area is 104 Å². The number of nitro benzene ring substituents is 1. The van der Waals surface area contributed by atoms with Gasteiger partial charge in [0.1, 0.15) is 11.4 Å². The van der Waals surface area contributed by atoms with Crippen LogP contribution in [0, 0.1) is 21.7 Å². The van der Waals surface area contributed by atoms with Crippen molar-refractivity contribution in [2.75, 3.05) is 13.1 Å². The fourth-order valence-corrected chi connectivity index (χ4v) is 1.24. The van der Waals surface area contributed by atoms with Gasteiger partial charge in [-0.05, 0) is 11.6 Å². The predicted molar refractivity (Wildman–Crippen MR) is 59.4 cm³/mol. The molecule has 19 heavy (non-hydrogen) atoms. The maximum absolute atomic E-state index is 13.6. The highest BCUT2D eigenvalue weighted by Crippen LogP contribution is 2.22. The summed E-state index contributed by atoms with van der Waals surface area (Å²) in [7, 11) is 0. The Bertz CT molecular complexity index is 571. The molecule has 0 aromatic heterocycles. The summed E-state index contributed by atoms with van der Waals surface area (Å²) in [4.78, 5) is 23.3. The van der Waals surface area contributed by atoms with Crippen LogP contribution in [-0.2, 0) is 0 Å². The van der Waals surface area contributed by atoms with E-state index in [1.165, 1.54) is 0 Å². The van der Waals surface area contributed by atoms with Gasteiger partial charge in [0, 0.05) is 24.1 Å². The molecule has 1 rings (SSSR count). The smallest absolute Gasteiger partial charge is 0.305 e. The van der Waals surface area contributed by atoms with Crippen LogP contribution in [0.15, 0.2) is 17.2 Å². The molecule has 0 saturated heterocycles. The van der Waals surface area contributed by atoms with Crippen molar-refractivity contribution in [3.8, 4) is 0 Å². The van der Waals surface area contributed by atoms with Crippen molar-refractivity contribution < 1.29 is 18.5 Å². The summed E-state index contributed by atoms with van der Waals surface area (Å²) in [5.41, 5.74) is 5.94. The first kappa shape index (κ1) is 14.3. The van der Waals surface area contributed by atoms with E-state index in [2.05, 4.69) is 15.3 Å². The second kappa shape index (κ2) is 6.26. The number of amides is 1. The highest BCUT2D eigenvalue weighted by molar-refractivity contribution is 5.95. The Morgan fingerprint density at radius 3 is 2.79 bits per heavy atom. The minimum atomic E-state index is -1.55. The van der Waals surface area contributed by atoms with Gasteiger partial charge in [-0.15, -0.1) is 0 Å². The van der Waals surface area contributed by atoms with E-state index in [1.54, 1.807) is 0 Å². The van der Waals surface area contributed by atoms with Crippen LogP contribution in [0.4, 0.5) is 14.5 Å². The van der Waals surface area contributed by atoms with Crippen molar-refractivity contribution in [3.05, 3.63) is 49.9 Å². The second-order valence-corrected chi connectivity index (χ2v) is 3.22. The van der Waals surface area contributed by atoms with E-state index in [9.17, 15) is 23.7 Å². The number of hydrogen-bond donors (Lipinski definition) is 1. The average molecular weight is 271 g/mol. The number of halogens is 2. The molecule has 8 nitrogen and oxygen atoms in total. The Morgan fingerprint density at radius 2 is 2.21 bits per heavy atom. The maximum atomic E-state index is 13.6. The lowest BCUT2D eigenvalue weighted by atomic mass is 10.1. The Kier molecular flexibility index (Phi) is 4.72. The number of hydrogen-bond acceptors (Lipinski definition) is 4. The SMILES string of the molecule is [N-]=[N+]=NCCNC(=O)c1c(F)ccc([N+](=O)[O-])c1F. The molecule has 0 fully saturated rings. The highest BCUT2D eigenvalue weighted by atomic mass is 19.1. The normalized spacial score (nSPS) is 9.58. The molecule has 1 aromatic rings. The van der Waals surface area contributed by atoms with Crippen LogP contribution in [0.25, 0.3) is 10.4 Å². The topological polar surface area (TPSA) is 121 Å². The average Bonchev–Trinajstić information content (AvgIpc) is 2.34. The zero-order valence-corrected chi connectivity index (χ0v) is 9.34. The standard InChI is InChI=1S/C9H7F2N5O3/c10-5-1-2-6(16(18)19)8(11)7(5)9(17)13-3-4-14-15-12/h1-2H,3-4H2,(H,13,17). The number of rotatable bonds is 5. The quantitative estimate of drug-likeness (QED) is 0.220. The largest absolute Gasteiger partial charge is 0.352 e. The molecule has 1 N–H and O–H groups in total. The van der Waals surface area contributed by atoms with Gasteiger partial charge in [-0.25, -0.2) is 4.39 Å². The van der Waals surface area contributed by atoms with Gasteiger partial charge in [-0.1, -0.05) is 5.11 Å². The van der Waals surface area contributed by atoms with Gasteiger partial charge in [0.05, 0.1) is 4.92 Å². The summed E-state index contributed by atoms with van der Waals surface area (Å²) in [5.74, 6) is -3.93. The van der Waals surface area contributed by atoms with Crippen LogP contribution in [0.5, 0.6) is 0 Å². The Balaban J connectivity index is 2.98. The number of carbonyl (C=O) groups is 1. The number of nitro groups is 1. The molecule has 10 heteroatoms.